The SMILES string of the molecule is O=S(=O)=c1cnc2ccccc2[nH]1. The second-order valence-electron chi connectivity index (χ2n) is 2.50. The van der Waals surface area contributed by atoms with E-state index in [1.807, 2.05) is 18.2 Å². The Kier molecular flexibility index (Phi) is 1.86. The van der Waals surface area contributed by atoms with Crippen LogP contribution in [0.3, 0.4) is 0 Å². The first kappa shape index (κ1) is 8.00. The fourth-order valence-electron chi connectivity index (χ4n) is 1.07. The Morgan fingerprint density at radius 2 is 2.00 bits per heavy atom. The molecule has 0 amide bonds. The van der Waals surface area contributed by atoms with E-state index in [2.05, 4.69) is 9.97 Å². The van der Waals surface area contributed by atoms with Crippen molar-refractivity contribution in [2.24, 2.45) is 0 Å². The van der Waals surface area contributed by atoms with E-state index >= 15 is 0 Å². The first-order valence-electron chi connectivity index (χ1n) is 3.64. The molecule has 0 saturated heterocycles. The second-order valence-corrected chi connectivity index (χ2v) is 3.41. The molecule has 1 heterocycles. The summed E-state index contributed by atoms with van der Waals surface area (Å²) in [6, 6.07) is 7.25. The van der Waals surface area contributed by atoms with Crippen LogP contribution in [0.25, 0.3) is 11.0 Å². The van der Waals surface area contributed by atoms with Crippen LogP contribution in [0, 0.1) is 4.64 Å². The molecule has 4 nitrogen and oxygen atoms in total. The van der Waals surface area contributed by atoms with Gasteiger partial charge >= 0.3 is 0 Å². The zero-order valence-corrected chi connectivity index (χ0v) is 7.38. The van der Waals surface area contributed by atoms with Crippen molar-refractivity contribution < 1.29 is 8.42 Å². The molecule has 1 N–H and O–H groups in total. The number of para-hydroxylation sites is 2. The highest BCUT2D eigenvalue weighted by molar-refractivity contribution is 7.63. The zero-order chi connectivity index (χ0) is 9.26. The lowest BCUT2D eigenvalue weighted by atomic mass is 10.3. The van der Waals surface area contributed by atoms with Crippen molar-refractivity contribution in [3.05, 3.63) is 35.1 Å². The Morgan fingerprint density at radius 1 is 1.23 bits per heavy atom. The predicted octanol–water partition coefficient (Wildman–Crippen LogP) is 0.974. The van der Waals surface area contributed by atoms with Crippen LogP contribution in [0.15, 0.2) is 30.5 Å². The summed E-state index contributed by atoms with van der Waals surface area (Å²) < 4.78 is 21.2. The maximum absolute atomic E-state index is 10.6. The summed E-state index contributed by atoms with van der Waals surface area (Å²) in [7, 11) is -2.25. The van der Waals surface area contributed by atoms with E-state index in [4.69, 9.17) is 0 Å². The maximum atomic E-state index is 10.6. The second kappa shape index (κ2) is 3.02. The Hall–Kier alpha value is -1.62. The third-order valence-electron chi connectivity index (χ3n) is 1.66. The summed E-state index contributed by atoms with van der Waals surface area (Å²) in [5.41, 5.74) is 1.46. The van der Waals surface area contributed by atoms with Gasteiger partial charge in [-0.05, 0) is 12.1 Å². The number of fused-ring (bicyclic) bond motifs is 1. The molecule has 0 spiro atoms. The fraction of sp³-hybridized carbons (Fsp3) is 0. The van der Waals surface area contributed by atoms with Crippen LogP contribution in [0.2, 0.25) is 0 Å². The van der Waals surface area contributed by atoms with E-state index in [0.717, 1.165) is 5.52 Å². The van der Waals surface area contributed by atoms with Gasteiger partial charge in [0.15, 0.2) is 4.64 Å². The minimum Gasteiger partial charge on any atom is -0.340 e. The number of nitrogens with one attached hydrogen (secondary N) is 1. The molecule has 2 aromatic rings. The first-order valence-corrected chi connectivity index (χ1v) is 4.71. The zero-order valence-electron chi connectivity index (χ0n) is 6.56. The number of aromatic nitrogens is 2. The molecule has 2 rings (SSSR count). The molecule has 1 aromatic carbocycles. The average molecular weight is 194 g/mol. The summed E-state index contributed by atoms with van der Waals surface area (Å²) in [4.78, 5) is 6.73. The smallest absolute Gasteiger partial charge is 0.239 e. The number of rotatable bonds is 0. The number of nitrogens with zero attached hydrogens (tertiary/aromatic N) is 1. The molecule has 0 atom stereocenters. The van der Waals surface area contributed by atoms with Crippen molar-refractivity contribution in [1.82, 2.24) is 9.97 Å². The molecule has 0 saturated carbocycles. The van der Waals surface area contributed by atoms with Gasteiger partial charge in [-0.3, -0.25) is 4.98 Å². The molecule has 0 aliphatic heterocycles. The quantitative estimate of drug-likeness (QED) is 0.636. The highest BCUT2D eigenvalue weighted by atomic mass is 32.2. The standard InChI is InChI=1S/C8H6N2O2S/c11-13(12)8-5-9-6-3-1-2-4-7(6)10-8/h1-5,10H. The molecule has 0 bridgehead atoms. The van der Waals surface area contributed by atoms with Crippen molar-refractivity contribution in [1.29, 1.82) is 0 Å². The number of hydrogen-bond donors (Lipinski definition) is 1. The van der Waals surface area contributed by atoms with Gasteiger partial charge in [-0.15, -0.1) is 0 Å². The van der Waals surface area contributed by atoms with Crippen molar-refractivity contribution in [3.63, 3.8) is 0 Å². The van der Waals surface area contributed by atoms with E-state index in [9.17, 15) is 8.42 Å². The van der Waals surface area contributed by atoms with Crippen LogP contribution in [0.5, 0.6) is 0 Å². The molecule has 5 heteroatoms. The van der Waals surface area contributed by atoms with Gasteiger partial charge in [0.2, 0.25) is 10.3 Å². The van der Waals surface area contributed by atoms with Crippen molar-refractivity contribution >= 4 is 21.3 Å². The van der Waals surface area contributed by atoms with Gasteiger partial charge in [0.05, 0.1) is 17.2 Å². The average Bonchev–Trinajstić information content (AvgIpc) is 2.17. The van der Waals surface area contributed by atoms with Gasteiger partial charge in [0.1, 0.15) is 0 Å². The monoisotopic (exact) mass is 194 g/mol. The highest BCUT2D eigenvalue weighted by Gasteiger charge is 1.91. The van der Waals surface area contributed by atoms with E-state index in [-0.39, 0.29) is 4.64 Å². The van der Waals surface area contributed by atoms with Gasteiger partial charge in [0.25, 0.3) is 0 Å². The largest absolute Gasteiger partial charge is 0.340 e. The van der Waals surface area contributed by atoms with Crippen molar-refractivity contribution in [2.45, 2.75) is 0 Å². The summed E-state index contributed by atoms with van der Waals surface area (Å²) in [6.45, 7) is 0. The Morgan fingerprint density at radius 3 is 2.77 bits per heavy atom. The van der Waals surface area contributed by atoms with Gasteiger partial charge in [0, 0.05) is 0 Å². The van der Waals surface area contributed by atoms with Gasteiger partial charge in [-0.2, -0.15) is 8.42 Å². The molecular weight excluding hydrogens is 188 g/mol. The lowest BCUT2D eigenvalue weighted by molar-refractivity contribution is 0.624. The minimum absolute atomic E-state index is 0.0960. The van der Waals surface area contributed by atoms with Crippen LogP contribution in [0.1, 0.15) is 0 Å². The van der Waals surface area contributed by atoms with Gasteiger partial charge in [-0.25, -0.2) is 0 Å². The molecule has 0 unspecified atom stereocenters. The summed E-state index contributed by atoms with van der Waals surface area (Å²) in [5.74, 6) is 0. The Bertz CT molecular complexity index is 605. The number of hydrogen-bond acceptors (Lipinski definition) is 3. The van der Waals surface area contributed by atoms with Gasteiger partial charge < -0.3 is 4.98 Å². The fourth-order valence-corrected chi connectivity index (χ4v) is 1.40. The van der Waals surface area contributed by atoms with Crippen LogP contribution < -0.4 is 0 Å². The molecule has 0 radical (unpaired) electrons. The molecule has 1 aromatic heterocycles. The number of aromatic amines is 1. The third-order valence-corrected chi connectivity index (χ3v) is 2.23. The van der Waals surface area contributed by atoms with E-state index in [1.165, 1.54) is 6.20 Å². The Labute approximate surface area is 75.4 Å². The third kappa shape index (κ3) is 1.46. The molecule has 13 heavy (non-hydrogen) atoms. The summed E-state index contributed by atoms with van der Waals surface area (Å²) >= 11 is 0. The van der Waals surface area contributed by atoms with Crippen LogP contribution in [-0.2, 0) is 10.3 Å². The first-order chi connectivity index (χ1) is 6.27. The van der Waals surface area contributed by atoms with E-state index in [1.54, 1.807) is 6.07 Å². The lowest BCUT2D eigenvalue weighted by Gasteiger charge is -1.93. The van der Waals surface area contributed by atoms with Crippen molar-refractivity contribution in [3.8, 4) is 0 Å². The summed E-state index contributed by atoms with van der Waals surface area (Å²) in [6.07, 6.45) is 1.30. The van der Waals surface area contributed by atoms with Crippen LogP contribution in [0.4, 0.5) is 0 Å². The van der Waals surface area contributed by atoms with Crippen LogP contribution >= 0.6 is 0 Å². The summed E-state index contributed by atoms with van der Waals surface area (Å²) in [5, 5.41) is 0. The van der Waals surface area contributed by atoms with Gasteiger partial charge in [-0.1, -0.05) is 12.1 Å². The maximum Gasteiger partial charge on any atom is 0.239 e. The van der Waals surface area contributed by atoms with E-state index in [0.29, 0.717) is 5.52 Å². The molecule has 0 fully saturated rings. The van der Waals surface area contributed by atoms with Crippen LogP contribution in [-0.4, -0.2) is 18.4 Å². The normalized spacial score (nSPS) is 10.2. The number of H-pyrrole nitrogens is 1. The predicted molar refractivity (Wildman–Crippen MR) is 48.3 cm³/mol. The Balaban J connectivity index is 3.01. The van der Waals surface area contributed by atoms with E-state index < -0.39 is 10.3 Å². The van der Waals surface area contributed by atoms with Crippen molar-refractivity contribution in [2.75, 3.05) is 0 Å². The molecule has 0 aliphatic rings. The minimum atomic E-state index is -2.25. The molecular formula is C8H6N2O2S. The number of benzene rings is 1. The molecule has 66 valence electrons. The molecule has 0 aliphatic carbocycles. The lowest BCUT2D eigenvalue weighted by Crippen LogP contribution is -1.84. The topological polar surface area (TPSA) is 62.8 Å². The highest BCUT2D eigenvalue weighted by Crippen LogP contribution is 2.05.